The van der Waals surface area contributed by atoms with Crippen molar-refractivity contribution in [2.24, 2.45) is 0 Å². The van der Waals surface area contributed by atoms with Crippen molar-refractivity contribution in [3.63, 3.8) is 0 Å². The van der Waals surface area contributed by atoms with Crippen LogP contribution in [-0.2, 0) is 9.53 Å². The molecule has 0 bridgehead atoms. The Morgan fingerprint density at radius 2 is 2.00 bits per heavy atom. The number of aromatic nitrogens is 3. The van der Waals surface area contributed by atoms with Crippen molar-refractivity contribution in [3.8, 4) is 0 Å². The summed E-state index contributed by atoms with van der Waals surface area (Å²) in [6, 6.07) is 4.17. The number of hydrogen-bond donors (Lipinski definition) is 1. The number of nitrogens with one attached hydrogen (secondary N) is 1. The average Bonchev–Trinajstić information content (AvgIpc) is 3.35. The summed E-state index contributed by atoms with van der Waals surface area (Å²) in [5.41, 5.74) is 3.97. The normalized spacial score (nSPS) is 12.1. The molecule has 0 radical (unpaired) electrons. The van der Waals surface area contributed by atoms with Crippen LogP contribution in [0.25, 0.3) is 11.2 Å². The Morgan fingerprint density at radius 1 is 1.27 bits per heavy atom. The molecule has 3 aromatic rings. The van der Waals surface area contributed by atoms with E-state index in [2.05, 4.69) is 66.1 Å². The minimum absolute atomic E-state index is 0.375. The predicted molar refractivity (Wildman–Crippen MR) is 130 cm³/mol. The number of carbonyl (C=O) groups is 1. The van der Waals surface area contributed by atoms with Crippen LogP contribution in [0.2, 0.25) is 0 Å². The fourth-order valence-corrected chi connectivity index (χ4v) is 3.99. The molecule has 1 aliphatic rings. The molecule has 7 nitrogen and oxygen atoms in total. The van der Waals surface area contributed by atoms with Crippen molar-refractivity contribution in [3.05, 3.63) is 47.0 Å². The number of allylic oxidation sites excluding steroid dienone is 1. The van der Waals surface area contributed by atoms with Gasteiger partial charge in [0, 0.05) is 0 Å². The quantitative estimate of drug-likeness (QED) is 0.366. The number of ether oxygens (including phenoxy) is 1. The molecule has 1 aliphatic heterocycles. The molecule has 0 fully saturated rings. The molecule has 1 N–H and O–H groups in total. The van der Waals surface area contributed by atoms with Crippen LogP contribution in [0.1, 0.15) is 30.1 Å². The van der Waals surface area contributed by atoms with Gasteiger partial charge in [-0.1, -0.05) is 13.8 Å². The molecule has 30 heavy (non-hydrogen) atoms. The van der Waals surface area contributed by atoms with E-state index in [4.69, 9.17) is 4.79 Å². The molecule has 10 heteroatoms. The molecule has 4 heterocycles. The van der Waals surface area contributed by atoms with Crippen LogP contribution < -0.4 is 5.32 Å². The second kappa shape index (κ2) is 11.6. The van der Waals surface area contributed by atoms with E-state index >= 15 is 0 Å². The number of aryl methyl sites for hydroxylation is 2. The zero-order chi connectivity index (χ0) is 22.1. The third-order valence-electron chi connectivity index (χ3n) is 3.78. The molecule has 158 valence electrons. The van der Waals surface area contributed by atoms with Gasteiger partial charge in [-0.05, 0) is 0 Å². The van der Waals surface area contributed by atoms with Crippen molar-refractivity contribution in [1.82, 2.24) is 18.7 Å². The topological polar surface area (TPSA) is 71.8 Å². The predicted octanol–water partition coefficient (Wildman–Crippen LogP) is 4.32. The summed E-state index contributed by atoms with van der Waals surface area (Å²) in [5.74, 6) is 2.89. The molecule has 0 saturated heterocycles. The van der Waals surface area contributed by atoms with Crippen molar-refractivity contribution < 1.29 is 9.53 Å². The molecular formula is C20H26BN5O2S2. The van der Waals surface area contributed by atoms with Gasteiger partial charge >= 0.3 is 149 Å². The maximum absolute atomic E-state index is 8.95. The first-order chi connectivity index (χ1) is 14.5. The Morgan fingerprint density at radius 3 is 2.60 bits per heavy atom. The van der Waals surface area contributed by atoms with Crippen molar-refractivity contribution in [2.45, 2.75) is 27.7 Å². The van der Waals surface area contributed by atoms with Gasteiger partial charge in [0.15, 0.2) is 0 Å². The Hall–Kier alpha value is -2.59. The van der Waals surface area contributed by atoms with Crippen molar-refractivity contribution in [2.75, 3.05) is 19.5 Å². The molecule has 0 aliphatic carbocycles. The summed E-state index contributed by atoms with van der Waals surface area (Å²) in [4.78, 5) is 19.5. The third kappa shape index (κ3) is 5.96. The summed E-state index contributed by atoms with van der Waals surface area (Å²) in [7, 11) is 3.35. The number of imidazole rings is 1. The minimum atomic E-state index is 0.375. The van der Waals surface area contributed by atoms with Crippen LogP contribution in [0, 0.1) is 13.8 Å². The van der Waals surface area contributed by atoms with Gasteiger partial charge in [-0.3, -0.25) is 4.79 Å². The fraction of sp³-hybridized carbons (Fsp3) is 0.300. The summed E-state index contributed by atoms with van der Waals surface area (Å²) in [6.45, 7) is 8.47. The first-order valence-corrected chi connectivity index (χ1v) is 11.1. The average molecular weight is 443 g/mol. The number of carbonyl (C=O) groups excluding carboxylic acids is 1. The van der Waals surface area contributed by atoms with Gasteiger partial charge in [0.2, 0.25) is 0 Å². The zero-order valence-corrected chi connectivity index (χ0v) is 19.7. The van der Waals surface area contributed by atoms with E-state index in [-0.39, 0.29) is 0 Å². The summed E-state index contributed by atoms with van der Waals surface area (Å²) in [5, 5.41) is 4.48. The monoisotopic (exact) mass is 443 g/mol. The summed E-state index contributed by atoms with van der Waals surface area (Å²) >= 11 is 3.37. The molecule has 0 unspecified atom stereocenters. The molecule has 0 atom stereocenters. The summed E-state index contributed by atoms with van der Waals surface area (Å²) in [6.07, 6.45) is 8.12. The molecule has 0 aromatic carbocycles. The van der Waals surface area contributed by atoms with E-state index in [1.165, 1.54) is 12.0 Å². The Kier molecular flexibility index (Phi) is 9.13. The molecule has 4 rings (SSSR count). The number of anilines is 2. The van der Waals surface area contributed by atoms with Gasteiger partial charge in [-0.15, -0.1) is 0 Å². The number of rotatable bonds is 4. The number of fused-ring (bicyclic) bond motifs is 1. The Balaban J connectivity index is 0.000000481. The van der Waals surface area contributed by atoms with Gasteiger partial charge in [0.05, 0.1) is 7.11 Å². The Labute approximate surface area is 186 Å². The molecular weight excluding hydrogens is 417 g/mol. The van der Waals surface area contributed by atoms with E-state index in [1.807, 2.05) is 40.2 Å². The standard InChI is InChI=1S/C16H16BN5S2.C2H4O2.C2H6/c1-10-8-22-13(12-6-17-24-21(3)9-12)7-18-16(22)15(19-10)20-14-5-4-11(2)23-14;1-4-2-3;1-2/h4-9H,1-3H3,(H,19,20);2H,1H3;1-2H3. The van der Waals surface area contributed by atoms with Gasteiger partial charge in [-0.2, -0.15) is 0 Å². The van der Waals surface area contributed by atoms with Crippen LogP contribution in [0.15, 0.2) is 30.7 Å². The Bertz CT molecular complexity index is 1050. The van der Waals surface area contributed by atoms with E-state index in [0.717, 1.165) is 33.4 Å². The molecule has 0 spiro atoms. The number of nitrogens with zero attached hydrogens (tertiary/aromatic N) is 4. The third-order valence-corrected chi connectivity index (χ3v) is 5.39. The van der Waals surface area contributed by atoms with Crippen LogP contribution in [0.4, 0.5) is 10.8 Å². The number of thiophene rings is 1. The second-order valence-electron chi connectivity index (χ2n) is 5.97. The van der Waals surface area contributed by atoms with Crippen LogP contribution in [0.5, 0.6) is 0 Å². The van der Waals surface area contributed by atoms with Crippen LogP contribution >= 0.6 is 23.1 Å². The number of hydrogen-bond acceptors (Lipinski definition) is 8. The van der Waals surface area contributed by atoms with Gasteiger partial charge < -0.3 is 4.74 Å². The molecule has 0 amide bonds. The fourth-order valence-electron chi connectivity index (χ4n) is 2.65. The van der Waals surface area contributed by atoms with E-state index in [0.29, 0.717) is 6.47 Å². The maximum atomic E-state index is 8.95. The van der Waals surface area contributed by atoms with Gasteiger partial charge in [-0.25, -0.2) is 0 Å². The van der Waals surface area contributed by atoms with Crippen molar-refractivity contribution in [1.29, 1.82) is 0 Å². The number of methoxy groups -OCH3 is 1. The van der Waals surface area contributed by atoms with Crippen LogP contribution in [-0.4, -0.2) is 51.5 Å². The molecule has 0 saturated carbocycles. The SMILES string of the molecule is CC.COC=O.Cc1cn2c(C3=CN(C)SB=C3)cnc2c(Nc2ccc(C)s2)n1. The second-order valence-corrected chi connectivity index (χ2v) is 8.32. The zero-order valence-electron chi connectivity index (χ0n) is 18.0. The first-order valence-electron chi connectivity index (χ1n) is 9.44. The van der Waals surface area contributed by atoms with Gasteiger partial charge in [0.1, 0.15) is 0 Å². The van der Waals surface area contributed by atoms with E-state index in [9.17, 15) is 0 Å². The van der Waals surface area contributed by atoms with E-state index in [1.54, 1.807) is 23.1 Å². The summed E-state index contributed by atoms with van der Waals surface area (Å²) < 4.78 is 8.04. The first kappa shape index (κ1) is 23.7. The van der Waals surface area contributed by atoms with Gasteiger partial charge in [0.25, 0.3) is 6.47 Å². The van der Waals surface area contributed by atoms with Crippen molar-refractivity contribution >= 4 is 63.8 Å². The molecule has 3 aromatic heterocycles. The van der Waals surface area contributed by atoms with Crippen LogP contribution in [0.3, 0.4) is 0 Å². The van der Waals surface area contributed by atoms with E-state index < -0.39 is 0 Å².